The number of methoxy groups -OCH3 is 1. The van der Waals surface area contributed by atoms with E-state index in [1.54, 1.807) is 12.1 Å². The van der Waals surface area contributed by atoms with Crippen molar-refractivity contribution in [2.24, 2.45) is 0 Å². The van der Waals surface area contributed by atoms with Crippen LogP contribution in [0.1, 0.15) is 35.3 Å². The Bertz CT molecular complexity index is 1140. The number of hydrogen-bond acceptors (Lipinski definition) is 4. The number of amides is 2. The van der Waals surface area contributed by atoms with Crippen LogP contribution in [-0.2, 0) is 11.3 Å². The summed E-state index contributed by atoms with van der Waals surface area (Å²) in [6.45, 7) is 3.89. The number of ether oxygens (including phenoxy) is 2. The summed E-state index contributed by atoms with van der Waals surface area (Å²) in [6, 6.07) is 12.4. The molecule has 1 aliphatic carbocycles. The van der Waals surface area contributed by atoms with E-state index in [4.69, 9.17) is 21.1 Å². The van der Waals surface area contributed by atoms with Gasteiger partial charge in [0.25, 0.3) is 5.91 Å². The number of carbonyl (C=O) groups excluding carboxylic acids is 2. The molecule has 3 rings (SSSR count). The Kier molecular flexibility index (Phi) is 8.14. The molecule has 2 aromatic carbocycles. The maximum atomic E-state index is 12.8. The van der Waals surface area contributed by atoms with E-state index >= 15 is 0 Å². The first-order chi connectivity index (χ1) is 15.9. The third-order valence-corrected chi connectivity index (χ3v) is 4.94. The smallest absolute Gasteiger partial charge is 0.428 e. The van der Waals surface area contributed by atoms with E-state index in [1.807, 2.05) is 68.5 Å². The molecular weight excluding hydrogens is 440 g/mol. The Labute approximate surface area is 198 Å². The summed E-state index contributed by atoms with van der Waals surface area (Å²) in [4.78, 5) is 25.0. The topological polar surface area (TPSA) is 67.9 Å². The minimum Gasteiger partial charge on any atom is -0.489 e. The van der Waals surface area contributed by atoms with Crippen LogP contribution in [0.4, 0.5) is 4.79 Å². The lowest BCUT2D eigenvalue weighted by atomic mass is 10.0. The van der Waals surface area contributed by atoms with Crippen molar-refractivity contribution in [1.29, 1.82) is 0 Å². The van der Waals surface area contributed by atoms with Crippen molar-refractivity contribution in [3.63, 3.8) is 0 Å². The molecule has 7 heteroatoms. The predicted molar refractivity (Wildman–Crippen MR) is 129 cm³/mol. The van der Waals surface area contributed by atoms with Gasteiger partial charge in [-0.1, -0.05) is 48.0 Å². The molecule has 170 valence electrons. The summed E-state index contributed by atoms with van der Waals surface area (Å²) in [5.74, 6) is -0.0129. The van der Waals surface area contributed by atoms with E-state index < -0.39 is 12.0 Å². The van der Waals surface area contributed by atoms with Crippen molar-refractivity contribution in [3.05, 3.63) is 100 Å². The molecule has 0 atom stereocenters. The zero-order chi connectivity index (χ0) is 23.8. The van der Waals surface area contributed by atoms with Crippen molar-refractivity contribution in [2.45, 2.75) is 26.5 Å². The number of nitrogens with one attached hydrogen (secondary N) is 1. The van der Waals surface area contributed by atoms with Gasteiger partial charge in [0.05, 0.1) is 24.8 Å². The molecule has 0 unspecified atom stereocenters. The zero-order valence-electron chi connectivity index (χ0n) is 18.7. The Morgan fingerprint density at radius 3 is 2.55 bits per heavy atom. The van der Waals surface area contributed by atoms with Gasteiger partial charge < -0.3 is 9.47 Å². The zero-order valence-corrected chi connectivity index (χ0v) is 19.4. The number of benzene rings is 2. The second-order valence-corrected chi connectivity index (χ2v) is 7.89. The highest BCUT2D eigenvalue weighted by Crippen LogP contribution is 2.26. The third-order valence-electron chi connectivity index (χ3n) is 4.64. The minimum absolute atomic E-state index is 0.0496. The fraction of sp³-hybridized carbons (Fsp3) is 0.192. The molecule has 0 heterocycles. The summed E-state index contributed by atoms with van der Waals surface area (Å²) in [7, 11) is 1.26. The number of hydrogen-bond donors (Lipinski definition) is 1. The highest BCUT2D eigenvalue weighted by molar-refractivity contribution is 6.32. The van der Waals surface area contributed by atoms with Crippen molar-refractivity contribution in [2.75, 3.05) is 7.11 Å². The molecule has 0 saturated heterocycles. The first-order valence-electron chi connectivity index (χ1n) is 10.4. The fourth-order valence-corrected chi connectivity index (χ4v) is 3.30. The Morgan fingerprint density at radius 1 is 1.12 bits per heavy atom. The fourth-order valence-electron chi connectivity index (χ4n) is 3.07. The van der Waals surface area contributed by atoms with Gasteiger partial charge in [-0.2, -0.15) is 0 Å². The average Bonchev–Trinajstić information content (AvgIpc) is 3.09. The normalized spacial score (nSPS) is 12.2. The maximum absolute atomic E-state index is 12.8. The summed E-state index contributed by atoms with van der Waals surface area (Å²) in [5.41, 5.74) is 8.78. The number of hydrazine groups is 1. The molecule has 2 aromatic rings. The quantitative estimate of drug-likeness (QED) is 0.439. The van der Waals surface area contributed by atoms with Gasteiger partial charge in [0.1, 0.15) is 5.75 Å². The molecule has 33 heavy (non-hydrogen) atoms. The van der Waals surface area contributed by atoms with Crippen LogP contribution >= 0.6 is 11.6 Å². The van der Waals surface area contributed by atoms with Crippen molar-refractivity contribution in [3.8, 4) is 5.75 Å². The lowest BCUT2D eigenvalue weighted by Gasteiger charge is -2.22. The van der Waals surface area contributed by atoms with Crippen LogP contribution in [0, 0.1) is 0 Å². The molecule has 0 bridgehead atoms. The molecule has 0 spiro atoms. The second-order valence-electron chi connectivity index (χ2n) is 7.49. The first kappa shape index (κ1) is 23.9. The van der Waals surface area contributed by atoms with E-state index in [1.165, 1.54) is 13.2 Å². The monoisotopic (exact) mass is 464 g/mol. The van der Waals surface area contributed by atoms with Gasteiger partial charge in [-0.05, 0) is 67.0 Å². The Morgan fingerprint density at radius 2 is 1.88 bits per heavy atom. The van der Waals surface area contributed by atoms with Crippen LogP contribution in [0.3, 0.4) is 0 Å². The van der Waals surface area contributed by atoms with Gasteiger partial charge in [-0.15, -0.1) is 5.73 Å². The van der Waals surface area contributed by atoms with Gasteiger partial charge in [-0.3, -0.25) is 10.2 Å². The maximum Gasteiger partial charge on any atom is 0.428 e. The lowest BCUT2D eigenvalue weighted by Crippen LogP contribution is -2.45. The van der Waals surface area contributed by atoms with E-state index in [-0.39, 0.29) is 18.2 Å². The van der Waals surface area contributed by atoms with Gasteiger partial charge in [-0.25, -0.2) is 9.80 Å². The Balaban J connectivity index is 1.72. The molecule has 1 aliphatic rings. The van der Waals surface area contributed by atoms with Crippen LogP contribution in [0.2, 0.25) is 5.02 Å². The molecule has 1 N–H and O–H groups in total. The van der Waals surface area contributed by atoms with Crippen LogP contribution in [0.5, 0.6) is 5.75 Å². The molecule has 0 radical (unpaired) electrons. The van der Waals surface area contributed by atoms with Crippen molar-refractivity contribution < 1.29 is 19.1 Å². The van der Waals surface area contributed by atoms with Gasteiger partial charge in [0.15, 0.2) is 0 Å². The molecule has 0 fully saturated rings. The molecule has 0 aliphatic heterocycles. The summed E-state index contributed by atoms with van der Waals surface area (Å²) in [6.07, 6.45) is 8.84. The second kappa shape index (κ2) is 11.2. The summed E-state index contributed by atoms with van der Waals surface area (Å²) in [5, 5.41) is 1.42. The lowest BCUT2D eigenvalue weighted by molar-refractivity contribution is 0.0691. The largest absolute Gasteiger partial charge is 0.489 e. The minimum atomic E-state index is -0.691. The van der Waals surface area contributed by atoms with E-state index in [0.29, 0.717) is 10.8 Å². The van der Waals surface area contributed by atoms with E-state index in [2.05, 4.69) is 11.2 Å². The molecule has 6 nitrogen and oxygen atoms in total. The van der Waals surface area contributed by atoms with Gasteiger partial charge >= 0.3 is 6.09 Å². The van der Waals surface area contributed by atoms with E-state index in [9.17, 15) is 9.59 Å². The van der Waals surface area contributed by atoms with Crippen molar-refractivity contribution in [1.82, 2.24) is 10.4 Å². The number of allylic oxidation sites excluding steroid dienone is 5. The standard InChI is InChI=1S/C26H25ClN2O4/c1-18(2)33-24-15-14-22(16-23(24)27)25(30)28-29(26(31)32-3)17-19-10-12-21(13-11-19)20-8-6-4-5-7-9-20/h4,6-16,18H,17H2,1-3H3,(H,28,30). The van der Waals surface area contributed by atoms with Crippen molar-refractivity contribution >= 4 is 29.2 Å². The Hall–Kier alpha value is -3.73. The number of rotatable bonds is 6. The van der Waals surface area contributed by atoms with Crippen LogP contribution in [0.25, 0.3) is 5.57 Å². The summed E-state index contributed by atoms with van der Waals surface area (Å²) >= 11 is 6.24. The average molecular weight is 465 g/mol. The third kappa shape index (κ3) is 6.62. The van der Waals surface area contributed by atoms with Crippen LogP contribution in [0.15, 0.2) is 78.6 Å². The highest BCUT2D eigenvalue weighted by atomic mass is 35.5. The highest BCUT2D eigenvalue weighted by Gasteiger charge is 2.19. The predicted octanol–water partition coefficient (Wildman–Crippen LogP) is 5.71. The van der Waals surface area contributed by atoms with Crippen LogP contribution < -0.4 is 10.2 Å². The first-order valence-corrected chi connectivity index (χ1v) is 10.8. The summed E-state index contributed by atoms with van der Waals surface area (Å²) < 4.78 is 10.4. The molecular formula is C26H25ClN2O4. The molecule has 0 aromatic heterocycles. The van der Waals surface area contributed by atoms with Gasteiger partial charge in [0.2, 0.25) is 0 Å². The molecule has 2 amide bonds. The molecule has 0 saturated carbocycles. The van der Waals surface area contributed by atoms with Gasteiger partial charge in [0, 0.05) is 5.56 Å². The number of carbonyl (C=O) groups is 2. The number of nitrogens with zero attached hydrogens (tertiary/aromatic N) is 1. The van der Waals surface area contributed by atoms with E-state index in [0.717, 1.165) is 21.7 Å². The number of halogens is 1. The SMILES string of the molecule is COC(=O)N(Cc1ccc(C2=CC=C=CC=C2)cc1)NC(=O)c1ccc(OC(C)C)c(Cl)c1. The van der Waals surface area contributed by atoms with Crippen LogP contribution in [-0.4, -0.2) is 30.2 Å².